The number of hydrogen-bond donors (Lipinski definition) is 0. The van der Waals surface area contributed by atoms with Crippen molar-refractivity contribution >= 4 is 23.5 Å². The normalized spacial score (nSPS) is 10.2. The van der Waals surface area contributed by atoms with Crippen LogP contribution in [0.4, 0.5) is 0 Å². The summed E-state index contributed by atoms with van der Waals surface area (Å²) < 4.78 is 4.63. The molecule has 0 aromatic heterocycles. The van der Waals surface area contributed by atoms with Crippen molar-refractivity contribution in [2.45, 2.75) is 39.2 Å². The van der Waals surface area contributed by atoms with Gasteiger partial charge in [0.1, 0.15) is 0 Å². The van der Waals surface area contributed by atoms with Crippen molar-refractivity contribution < 1.29 is 14.3 Å². The molecule has 21 heavy (non-hydrogen) atoms. The van der Waals surface area contributed by atoms with Crippen molar-refractivity contribution in [3.63, 3.8) is 0 Å². The number of hydrogen-bond acceptors (Lipinski definition) is 3. The van der Waals surface area contributed by atoms with E-state index in [2.05, 4.69) is 4.74 Å². The highest BCUT2D eigenvalue weighted by Crippen LogP contribution is 2.18. The lowest BCUT2D eigenvalue weighted by Crippen LogP contribution is -2.32. The van der Waals surface area contributed by atoms with E-state index in [0.717, 1.165) is 18.4 Å². The molecule has 116 valence electrons. The van der Waals surface area contributed by atoms with Crippen molar-refractivity contribution in [3.8, 4) is 0 Å². The van der Waals surface area contributed by atoms with Crippen molar-refractivity contribution in [1.82, 2.24) is 4.90 Å². The zero-order valence-corrected chi connectivity index (χ0v) is 13.4. The van der Waals surface area contributed by atoms with Crippen LogP contribution in [0.2, 0.25) is 5.02 Å². The largest absolute Gasteiger partial charge is 0.469 e. The van der Waals surface area contributed by atoms with Crippen molar-refractivity contribution in [1.29, 1.82) is 0 Å². The van der Waals surface area contributed by atoms with Gasteiger partial charge in [0, 0.05) is 24.5 Å². The Kier molecular flexibility index (Phi) is 7.83. The third-order valence-electron chi connectivity index (χ3n) is 3.23. The van der Waals surface area contributed by atoms with Crippen molar-refractivity contribution in [3.05, 3.63) is 34.9 Å². The van der Waals surface area contributed by atoms with Gasteiger partial charge in [0.2, 0.25) is 5.91 Å². The summed E-state index contributed by atoms with van der Waals surface area (Å²) >= 11 is 6.14. The summed E-state index contributed by atoms with van der Waals surface area (Å²) in [7, 11) is 1.35. The smallest absolute Gasteiger partial charge is 0.307 e. The Labute approximate surface area is 131 Å². The third-order valence-corrected chi connectivity index (χ3v) is 3.60. The van der Waals surface area contributed by atoms with Gasteiger partial charge < -0.3 is 9.64 Å². The molecule has 0 unspecified atom stereocenters. The van der Waals surface area contributed by atoms with E-state index in [9.17, 15) is 9.59 Å². The first-order chi connectivity index (χ1) is 10.1. The minimum atomic E-state index is -0.317. The van der Waals surface area contributed by atoms with Crippen LogP contribution in [-0.2, 0) is 20.9 Å². The standard InChI is InChI=1S/C16H22ClNO3/c1-3-4-9-15(19)18(11-10-16(20)21-2)12-13-7-5-6-8-14(13)17/h5-8H,3-4,9-12H2,1-2H3. The van der Waals surface area contributed by atoms with Gasteiger partial charge in [0.05, 0.1) is 13.5 Å². The third kappa shape index (κ3) is 6.17. The van der Waals surface area contributed by atoms with E-state index in [1.807, 2.05) is 25.1 Å². The number of carbonyl (C=O) groups is 2. The lowest BCUT2D eigenvalue weighted by atomic mass is 10.1. The van der Waals surface area contributed by atoms with E-state index >= 15 is 0 Å². The first-order valence-corrected chi connectivity index (χ1v) is 7.54. The van der Waals surface area contributed by atoms with Gasteiger partial charge in [-0.05, 0) is 18.1 Å². The molecule has 0 atom stereocenters. The van der Waals surface area contributed by atoms with Crippen LogP contribution in [0.1, 0.15) is 38.2 Å². The fourth-order valence-corrected chi connectivity index (χ4v) is 2.13. The molecule has 4 nitrogen and oxygen atoms in total. The molecule has 0 N–H and O–H groups in total. The molecule has 0 bridgehead atoms. The number of carbonyl (C=O) groups excluding carboxylic acids is 2. The minimum Gasteiger partial charge on any atom is -0.469 e. The number of unbranched alkanes of at least 4 members (excludes halogenated alkanes) is 1. The van der Waals surface area contributed by atoms with Gasteiger partial charge in [-0.3, -0.25) is 9.59 Å². The Hall–Kier alpha value is -1.55. The second kappa shape index (κ2) is 9.40. The maximum Gasteiger partial charge on any atom is 0.307 e. The number of rotatable bonds is 8. The number of esters is 1. The van der Waals surface area contributed by atoms with E-state index < -0.39 is 0 Å². The molecule has 0 heterocycles. The molecular formula is C16H22ClNO3. The highest BCUT2D eigenvalue weighted by molar-refractivity contribution is 6.31. The molecule has 0 fully saturated rings. The second-order valence-corrected chi connectivity index (χ2v) is 5.24. The van der Waals surface area contributed by atoms with Gasteiger partial charge in [-0.1, -0.05) is 43.1 Å². The number of halogens is 1. The molecule has 0 aliphatic rings. The fourth-order valence-electron chi connectivity index (χ4n) is 1.94. The van der Waals surface area contributed by atoms with Gasteiger partial charge in [-0.25, -0.2) is 0 Å². The topological polar surface area (TPSA) is 46.6 Å². The molecule has 1 rings (SSSR count). The number of nitrogens with zero attached hydrogens (tertiary/aromatic N) is 1. The van der Waals surface area contributed by atoms with E-state index in [0.29, 0.717) is 24.5 Å². The Morgan fingerprint density at radius 2 is 1.95 bits per heavy atom. The van der Waals surface area contributed by atoms with Crippen LogP contribution in [0.5, 0.6) is 0 Å². The van der Waals surface area contributed by atoms with Crippen molar-refractivity contribution in [2.24, 2.45) is 0 Å². The Balaban J connectivity index is 2.73. The van der Waals surface area contributed by atoms with Crippen LogP contribution in [0.25, 0.3) is 0 Å². The summed E-state index contributed by atoms with van der Waals surface area (Å²) in [6, 6.07) is 7.42. The molecule has 1 amide bonds. The highest BCUT2D eigenvalue weighted by atomic mass is 35.5. The first kappa shape index (κ1) is 17.5. The predicted molar refractivity (Wildman–Crippen MR) is 83.0 cm³/mol. The van der Waals surface area contributed by atoms with Crippen LogP contribution < -0.4 is 0 Å². The lowest BCUT2D eigenvalue weighted by molar-refractivity contribution is -0.142. The van der Waals surface area contributed by atoms with Crippen LogP contribution in [0, 0.1) is 0 Å². The Morgan fingerprint density at radius 1 is 1.24 bits per heavy atom. The maximum atomic E-state index is 12.2. The SMILES string of the molecule is CCCCC(=O)N(CCC(=O)OC)Cc1ccccc1Cl. The molecule has 0 spiro atoms. The zero-order chi connectivity index (χ0) is 15.7. The predicted octanol–water partition coefficient (Wildman–Crippen LogP) is 3.42. The number of ether oxygens (including phenoxy) is 1. The molecular weight excluding hydrogens is 290 g/mol. The van der Waals surface area contributed by atoms with Gasteiger partial charge in [0.25, 0.3) is 0 Å². The monoisotopic (exact) mass is 311 g/mol. The maximum absolute atomic E-state index is 12.2. The van der Waals surface area contributed by atoms with E-state index in [-0.39, 0.29) is 18.3 Å². The summed E-state index contributed by atoms with van der Waals surface area (Å²) in [5.74, 6) is -0.275. The average molecular weight is 312 g/mol. The molecule has 0 saturated heterocycles. The van der Waals surface area contributed by atoms with Gasteiger partial charge in [0.15, 0.2) is 0 Å². The first-order valence-electron chi connectivity index (χ1n) is 7.16. The Bertz CT molecular complexity index is 476. The van der Waals surface area contributed by atoms with E-state index in [1.54, 1.807) is 11.0 Å². The van der Waals surface area contributed by atoms with Crippen LogP contribution >= 0.6 is 11.6 Å². The van der Waals surface area contributed by atoms with Crippen LogP contribution in [0.15, 0.2) is 24.3 Å². The quantitative estimate of drug-likeness (QED) is 0.691. The second-order valence-electron chi connectivity index (χ2n) is 4.84. The fraction of sp³-hybridized carbons (Fsp3) is 0.500. The van der Waals surface area contributed by atoms with Crippen LogP contribution in [0.3, 0.4) is 0 Å². The molecule has 1 aromatic carbocycles. The van der Waals surface area contributed by atoms with Gasteiger partial charge in [-0.15, -0.1) is 0 Å². The van der Waals surface area contributed by atoms with Crippen molar-refractivity contribution in [2.75, 3.05) is 13.7 Å². The molecule has 0 aliphatic carbocycles. The minimum absolute atomic E-state index is 0.0423. The van der Waals surface area contributed by atoms with Gasteiger partial charge >= 0.3 is 5.97 Å². The number of methoxy groups -OCH3 is 1. The molecule has 5 heteroatoms. The van der Waals surface area contributed by atoms with Gasteiger partial charge in [-0.2, -0.15) is 0 Å². The molecule has 0 aliphatic heterocycles. The highest BCUT2D eigenvalue weighted by Gasteiger charge is 2.16. The average Bonchev–Trinajstić information content (AvgIpc) is 2.50. The summed E-state index contributed by atoms with van der Waals surface area (Å²) in [4.78, 5) is 25.2. The molecule has 0 radical (unpaired) electrons. The summed E-state index contributed by atoms with van der Waals surface area (Å²) in [6.07, 6.45) is 2.49. The molecule has 0 saturated carbocycles. The van der Waals surface area contributed by atoms with Crippen LogP contribution in [-0.4, -0.2) is 30.4 Å². The van der Waals surface area contributed by atoms with E-state index in [1.165, 1.54) is 7.11 Å². The lowest BCUT2D eigenvalue weighted by Gasteiger charge is -2.23. The van der Waals surface area contributed by atoms with E-state index in [4.69, 9.17) is 11.6 Å². The Morgan fingerprint density at radius 3 is 2.57 bits per heavy atom. The zero-order valence-electron chi connectivity index (χ0n) is 12.6. The summed E-state index contributed by atoms with van der Waals surface area (Å²) in [6.45, 7) is 2.81. The number of amides is 1. The number of benzene rings is 1. The summed E-state index contributed by atoms with van der Waals surface area (Å²) in [5, 5.41) is 0.629. The molecule has 1 aromatic rings. The summed E-state index contributed by atoms with van der Waals surface area (Å²) in [5.41, 5.74) is 0.883.